The van der Waals surface area contributed by atoms with Crippen molar-refractivity contribution >= 4 is 0 Å². The molecule has 1 aromatic rings. The lowest BCUT2D eigenvalue weighted by Gasteiger charge is -2.20. The van der Waals surface area contributed by atoms with Gasteiger partial charge in [-0.2, -0.15) is 4.98 Å². The number of aryl methyl sites for hydroxylation is 1. The van der Waals surface area contributed by atoms with E-state index in [-0.39, 0.29) is 0 Å². The highest BCUT2D eigenvalue weighted by Crippen LogP contribution is 2.14. The zero-order valence-electron chi connectivity index (χ0n) is 10.4. The molecule has 1 saturated heterocycles. The predicted molar refractivity (Wildman–Crippen MR) is 63.8 cm³/mol. The fraction of sp³-hybridized carbons (Fsp3) is 0.833. The average molecular weight is 239 g/mol. The van der Waals surface area contributed by atoms with Gasteiger partial charge in [0.2, 0.25) is 5.89 Å². The molecule has 0 aliphatic carbocycles. The van der Waals surface area contributed by atoms with Crippen molar-refractivity contribution < 1.29 is 9.26 Å². The number of nitrogens with one attached hydrogen (secondary N) is 1. The number of hydrogen-bond donors (Lipinski definition) is 1. The van der Waals surface area contributed by atoms with Crippen LogP contribution in [-0.2, 0) is 17.6 Å². The Bertz CT molecular complexity index is 321. The number of piperidine rings is 1. The summed E-state index contributed by atoms with van der Waals surface area (Å²) in [5.74, 6) is 2.25. The van der Waals surface area contributed by atoms with Gasteiger partial charge in [-0.05, 0) is 38.3 Å². The van der Waals surface area contributed by atoms with Crippen molar-refractivity contribution in [2.75, 3.05) is 26.8 Å². The number of aromatic nitrogens is 2. The summed E-state index contributed by atoms with van der Waals surface area (Å²) in [5.41, 5.74) is 0. The number of rotatable bonds is 6. The molecule has 0 bridgehead atoms. The fourth-order valence-corrected chi connectivity index (χ4v) is 2.20. The highest BCUT2D eigenvalue weighted by molar-refractivity contribution is 4.89. The smallest absolute Gasteiger partial charge is 0.226 e. The van der Waals surface area contributed by atoms with Gasteiger partial charge in [0.05, 0.1) is 0 Å². The molecule has 1 N–H and O–H groups in total. The van der Waals surface area contributed by atoms with E-state index in [2.05, 4.69) is 15.5 Å². The van der Waals surface area contributed by atoms with Crippen molar-refractivity contribution in [3.8, 4) is 0 Å². The molecule has 0 amide bonds. The predicted octanol–water partition coefficient (Wildman–Crippen LogP) is 1.19. The van der Waals surface area contributed by atoms with Crippen molar-refractivity contribution in [2.45, 2.75) is 32.1 Å². The summed E-state index contributed by atoms with van der Waals surface area (Å²) >= 11 is 0. The quantitative estimate of drug-likeness (QED) is 0.756. The molecule has 1 atom stereocenters. The number of nitrogens with zero attached hydrogens (tertiary/aromatic N) is 2. The van der Waals surface area contributed by atoms with Crippen LogP contribution in [0.2, 0.25) is 0 Å². The molecule has 5 nitrogen and oxygen atoms in total. The molecule has 0 spiro atoms. The van der Waals surface area contributed by atoms with Crippen LogP contribution in [0.1, 0.15) is 31.0 Å². The summed E-state index contributed by atoms with van der Waals surface area (Å²) in [4.78, 5) is 4.42. The van der Waals surface area contributed by atoms with Crippen molar-refractivity contribution in [1.29, 1.82) is 0 Å². The number of ether oxygens (including phenoxy) is 1. The van der Waals surface area contributed by atoms with Crippen LogP contribution in [0.4, 0.5) is 0 Å². The van der Waals surface area contributed by atoms with E-state index in [4.69, 9.17) is 9.26 Å². The summed E-state index contributed by atoms with van der Waals surface area (Å²) in [6.45, 7) is 2.96. The van der Waals surface area contributed by atoms with Crippen LogP contribution in [0.3, 0.4) is 0 Å². The van der Waals surface area contributed by atoms with E-state index < -0.39 is 0 Å². The third-order valence-corrected chi connectivity index (χ3v) is 3.12. The van der Waals surface area contributed by atoms with E-state index in [0.717, 1.165) is 50.7 Å². The summed E-state index contributed by atoms with van der Waals surface area (Å²) in [6, 6.07) is 0. The Morgan fingerprint density at radius 1 is 1.53 bits per heavy atom. The second-order valence-electron chi connectivity index (χ2n) is 4.62. The molecule has 5 heteroatoms. The van der Waals surface area contributed by atoms with Gasteiger partial charge in [0.25, 0.3) is 0 Å². The Balaban J connectivity index is 1.76. The minimum atomic E-state index is 0.660. The largest absolute Gasteiger partial charge is 0.385 e. The van der Waals surface area contributed by atoms with Gasteiger partial charge in [-0.3, -0.25) is 0 Å². The van der Waals surface area contributed by atoms with Gasteiger partial charge in [-0.15, -0.1) is 0 Å². The fourth-order valence-electron chi connectivity index (χ4n) is 2.20. The molecule has 1 fully saturated rings. The SMILES string of the molecule is COCCCc1nc(CC2CCCNC2)no1. The van der Waals surface area contributed by atoms with Crippen LogP contribution in [0, 0.1) is 5.92 Å². The van der Waals surface area contributed by atoms with Gasteiger partial charge >= 0.3 is 0 Å². The molecule has 1 unspecified atom stereocenters. The molecule has 0 radical (unpaired) electrons. The van der Waals surface area contributed by atoms with Crippen LogP contribution in [0.25, 0.3) is 0 Å². The maximum atomic E-state index is 5.22. The first-order chi connectivity index (χ1) is 8.38. The topological polar surface area (TPSA) is 60.2 Å². The molecule has 2 heterocycles. The Kier molecular flexibility index (Phi) is 4.94. The zero-order chi connectivity index (χ0) is 11.9. The molecule has 0 saturated carbocycles. The molecule has 0 aromatic carbocycles. The van der Waals surface area contributed by atoms with Gasteiger partial charge in [0, 0.05) is 26.6 Å². The first-order valence-electron chi connectivity index (χ1n) is 6.39. The van der Waals surface area contributed by atoms with Gasteiger partial charge in [-0.1, -0.05) is 5.16 Å². The second kappa shape index (κ2) is 6.71. The van der Waals surface area contributed by atoms with E-state index in [0.29, 0.717) is 5.92 Å². The maximum absolute atomic E-state index is 5.22. The molecule has 96 valence electrons. The first kappa shape index (κ1) is 12.5. The number of methoxy groups -OCH3 is 1. The van der Waals surface area contributed by atoms with Crippen molar-refractivity contribution in [3.05, 3.63) is 11.7 Å². The highest BCUT2D eigenvalue weighted by atomic mass is 16.5. The summed E-state index contributed by atoms with van der Waals surface area (Å²) in [5, 5.41) is 7.44. The lowest BCUT2D eigenvalue weighted by atomic mass is 9.96. The highest BCUT2D eigenvalue weighted by Gasteiger charge is 2.16. The van der Waals surface area contributed by atoms with E-state index in [1.165, 1.54) is 12.8 Å². The van der Waals surface area contributed by atoms with Crippen molar-refractivity contribution in [3.63, 3.8) is 0 Å². The second-order valence-corrected chi connectivity index (χ2v) is 4.62. The van der Waals surface area contributed by atoms with Crippen molar-refractivity contribution in [1.82, 2.24) is 15.5 Å². The standard InChI is InChI=1S/C12H21N3O2/c1-16-7-3-5-12-14-11(15-17-12)8-10-4-2-6-13-9-10/h10,13H,2-9H2,1H3. The number of hydrogen-bond acceptors (Lipinski definition) is 5. The Morgan fingerprint density at radius 3 is 3.24 bits per heavy atom. The van der Waals surface area contributed by atoms with Crippen LogP contribution >= 0.6 is 0 Å². The Hall–Kier alpha value is -0.940. The zero-order valence-corrected chi connectivity index (χ0v) is 10.4. The summed E-state index contributed by atoms with van der Waals surface area (Å²) in [7, 11) is 1.70. The van der Waals surface area contributed by atoms with Crippen molar-refractivity contribution in [2.24, 2.45) is 5.92 Å². The summed E-state index contributed by atoms with van der Waals surface area (Å²) < 4.78 is 10.2. The maximum Gasteiger partial charge on any atom is 0.226 e. The first-order valence-corrected chi connectivity index (χ1v) is 6.39. The van der Waals surface area contributed by atoms with Crippen LogP contribution in [0.15, 0.2) is 4.52 Å². The van der Waals surface area contributed by atoms with Crippen LogP contribution < -0.4 is 5.32 Å². The monoisotopic (exact) mass is 239 g/mol. The molecule has 17 heavy (non-hydrogen) atoms. The molecular weight excluding hydrogens is 218 g/mol. The molecule has 2 rings (SSSR count). The minimum Gasteiger partial charge on any atom is -0.385 e. The average Bonchev–Trinajstić information content (AvgIpc) is 2.79. The lowest BCUT2D eigenvalue weighted by Crippen LogP contribution is -2.31. The van der Waals surface area contributed by atoms with Gasteiger partial charge in [0.15, 0.2) is 5.82 Å². The normalized spacial score (nSPS) is 20.6. The molecular formula is C12H21N3O2. The third-order valence-electron chi connectivity index (χ3n) is 3.12. The van der Waals surface area contributed by atoms with Gasteiger partial charge in [0.1, 0.15) is 0 Å². The van der Waals surface area contributed by atoms with Gasteiger partial charge in [-0.25, -0.2) is 0 Å². The third kappa shape index (κ3) is 4.09. The Labute approximate surface area is 102 Å². The van der Waals surface area contributed by atoms with E-state index in [1.54, 1.807) is 7.11 Å². The van der Waals surface area contributed by atoms with Crippen LogP contribution in [-0.4, -0.2) is 36.9 Å². The molecule has 1 aliphatic heterocycles. The lowest BCUT2D eigenvalue weighted by molar-refractivity contribution is 0.192. The van der Waals surface area contributed by atoms with Crippen LogP contribution in [0.5, 0.6) is 0 Å². The van der Waals surface area contributed by atoms with Gasteiger partial charge < -0.3 is 14.6 Å². The minimum absolute atomic E-state index is 0.660. The Morgan fingerprint density at radius 2 is 2.47 bits per heavy atom. The van der Waals surface area contributed by atoms with E-state index in [9.17, 15) is 0 Å². The van der Waals surface area contributed by atoms with E-state index in [1.807, 2.05) is 0 Å². The molecule has 1 aliphatic rings. The van der Waals surface area contributed by atoms with E-state index >= 15 is 0 Å². The summed E-state index contributed by atoms with van der Waals surface area (Å²) in [6.07, 6.45) is 5.19. The molecule has 1 aromatic heterocycles.